The number of aromatic nitrogens is 1. The Balaban J connectivity index is 1.69. The van der Waals surface area contributed by atoms with Crippen molar-refractivity contribution in [1.29, 1.82) is 0 Å². The van der Waals surface area contributed by atoms with Crippen LogP contribution < -0.4 is 5.32 Å². The zero-order valence-electron chi connectivity index (χ0n) is 14.4. The van der Waals surface area contributed by atoms with Crippen LogP contribution >= 0.6 is 11.8 Å². The summed E-state index contributed by atoms with van der Waals surface area (Å²) in [6.07, 6.45) is 3.19. The van der Waals surface area contributed by atoms with Gasteiger partial charge in [-0.1, -0.05) is 6.92 Å². The highest BCUT2D eigenvalue weighted by atomic mass is 32.2. The highest BCUT2D eigenvalue weighted by Crippen LogP contribution is 2.24. The quantitative estimate of drug-likeness (QED) is 0.791. The number of nitrogens with zero attached hydrogens (tertiary/aromatic N) is 2. The third-order valence-corrected chi connectivity index (χ3v) is 4.81. The van der Waals surface area contributed by atoms with Gasteiger partial charge in [0.2, 0.25) is 5.91 Å². The zero-order chi connectivity index (χ0) is 19.4. The number of carbonyl (C=O) groups is 2. The van der Waals surface area contributed by atoms with Crippen LogP contribution in [0.15, 0.2) is 41.6 Å². The summed E-state index contributed by atoms with van der Waals surface area (Å²) in [6.45, 7) is 2.56. The number of carbonyl (C=O) groups excluding carboxylic acids is 2. The molecule has 0 aliphatic carbocycles. The van der Waals surface area contributed by atoms with Gasteiger partial charge in [0.25, 0.3) is 5.91 Å². The number of pyridine rings is 1. The number of thioether (sulfide) groups is 1. The first-order chi connectivity index (χ1) is 12.9. The average Bonchev–Trinajstić information content (AvgIpc) is 3.09. The van der Waals surface area contributed by atoms with Crippen molar-refractivity contribution in [3.8, 4) is 0 Å². The Labute approximate surface area is 158 Å². The largest absolute Gasteiger partial charge is 0.323 e. The van der Waals surface area contributed by atoms with Gasteiger partial charge in [-0.05, 0) is 18.2 Å². The predicted molar refractivity (Wildman–Crippen MR) is 96.1 cm³/mol. The van der Waals surface area contributed by atoms with Crippen molar-refractivity contribution in [2.75, 3.05) is 24.2 Å². The molecule has 2 aromatic rings. The molecule has 3 rings (SSSR count). The molecule has 0 spiro atoms. The second kappa shape index (κ2) is 8.45. The minimum Gasteiger partial charge on any atom is -0.323 e. The van der Waals surface area contributed by atoms with Gasteiger partial charge in [-0.25, -0.2) is 13.8 Å². The van der Waals surface area contributed by atoms with Gasteiger partial charge in [0.15, 0.2) is 0 Å². The fraction of sp³-hybridized carbons (Fsp3) is 0.278. The lowest BCUT2D eigenvalue weighted by atomic mass is 10.1. The Hall–Kier alpha value is -2.52. The van der Waals surface area contributed by atoms with Crippen molar-refractivity contribution in [2.45, 2.75) is 11.8 Å². The molecule has 1 unspecified atom stereocenters. The molecule has 0 saturated carbocycles. The Bertz CT molecular complexity index is 851. The third-order valence-electron chi connectivity index (χ3n) is 3.80. The SMILES string of the molecule is CC1CON(C(=O)c2cc(NC(=O)CSc3ccncc3)c(F)cc2F)C1. The van der Waals surface area contributed by atoms with E-state index >= 15 is 0 Å². The first kappa shape index (κ1) is 19.2. The molecule has 1 atom stereocenters. The molecule has 1 aliphatic rings. The summed E-state index contributed by atoms with van der Waals surface area (Å²) in [5.41, 5.74) is -0.616. The molecule has 27 heavy (non-hydrogen) atoms. The number of hydroxylamine groups is 2. The number of hydrogen-bond donors (Lipinski definition) is 1. The van der Waals surface area contributed by atoms with Crippen molar-refractivity contribution >= 4 is 29.3 Å². The fourth-order valence-electron chi connectivity index (χ4n) is 2.46. The smallest absolute Gasteiger partial charge is 0.280 e. The fourth-order valence-corrected chi connectivity index (χ4v) is 3.14. The lowest BCUT2D eigenvalue weighted by molar-refractivity contribution is -0.113. The molecular formula is C18H17F2N3O3S. The van der Waals surface area contributed by atoms with Crippen LogP contribution in [0, 0.1) is 17.6 Å². The Morgan fingerprint density at radius 3 is 2.70 bits per heavy atom. The van der Waals surface area contributed by atoms with E-state index < -0.39 is 23.4 Å². The highest BCUT2D eigenvalue weighted by molar-refractivity contribution is 8.00. The standard InChI is InChI=1S/C18H17F2N3O3S/c1-11-8-23(26-9-11)18(25)13-6-16(15(20)7-14(13)19)22-17(24)10-27-12-2-4-21-5-3-12/h2-7,11H,8-10H2,1H3,(H,22,24). The number of anilines is 1. The van der Waals surface area contributed by atoms with E-state index in [1.807, 2.05) is 6.92 Å². The number of hydrogen-bond acceptors (Lipinski definition) is 5. The van der Waals surface area contributed by atoms with E-state index in [4.69, 9.17) is 4.84 Å². The van der Waals surface area contributed by atoms with Crippen molar-refractivity contribution in [3.63, 3.8) is 0 Å². The van der Waals surface area contributed by atoms with E-state index in [2.05, 4.69) is 10.3 Å². The molecule has 0 bridgehead atoms. The normalized spacial score (nSPS) is 16.4. The first-order valence-corrected chi connectivity index (χ1v) is 9.19. The molecule has 1 saturated heterocycles. The molecular weight excluding hydrogens is 376 g/mol. The topological polar surface area (TPSA) is 71.5 Å². The maximum Gasteiger partial charge on any atom is 0.280 e. The maximum absolute atomic E-state index is 14.1. The molecule has 1 aliphatic heterocycles. The highest BCUT2D eigenvalue weighted by Gasteiger charge is 2.28. The molecule has 1 fully saturated rings. The van der Waals surface area contributed by atoms with Gasteiger partial charge in [-0.15, -0.1) is 11.8 Å². The van der Waals surface area contributed by atoms with Crippen molar-refractivity contribution in [1.82, 2.24) is 10.0 Å². The molecule has 9 heteroatoms. The number of rotatable bonds is 5. The molecule has 2 amide bonds. The number of amides is 2. The Kier molecular flexibility index (Phi) is 6.02. The predicted octanol–water partition coefficient (Wildman–Crippen LogP) is 3.11. The third kappa shape index (κ3) is 4.81. The van der Waals surface area contributed by atoms with E-state index in [1.54, 1.807) is 24.5 Å². The minimum absolute atomic E-state index is 0.0247. The lowest BCUT2D eigenvalue weighted by Crippen LogP contribution is -2.28. The van der Waals surface area contributed by atoms with Crippen molar-refractivity contribution in [3.05, 3.63) is 53.9 Å². The summed E-state index contributed by atoms with van der Waals surface area (Å²) in [6, 6.07) is 5.06. The van der Waals surface area contributed by atoms with Crippen LogP contribution in [-0.4, -0.2) is 40.8 Å². The van der Waals surface area contributed by atoms with Gasteiger partial charge in [-0.2, -0.15) is 0 Å². The average molecular weight is 393 g/mol. The number of nitrogens with one attached hydrogen (secondary N) is 1. The summed E-state index contributed by atoms with van der Waals surface area (Å²) in [4.78, 5) is 34.4. The van der Waals surface area contributed by atoms with Crippen LogP contribution in [0.4, 0.5) is 14.5 Å². The molecule has 1 aromatic heterocycles. The Morgan fingerprint density at radius 1 is 1.30 bits per heavy atom. The first-order valence-electron chi connectivity index (χ1n) is 8.20. The van der Waals surface area contributed by atoms with Crippen molar-refractivity contribution in [2.24, 2.45) is 5.92 Å². The van der Waals surface area contributed by atoms with E-state index in [1.165, 1.54) is 11.8 Å². The van der Waals surface area contributed by atoms with Gasteiger partial charge >= 0.3 is 0 Å². The molecule has 2 heterocycles. The maximum atomic E-state index is 14.1. The zero-order valence-corrected chi connectivity index (χ0v) is 15.3. The van der Waals surface area contributed by atoms with Crippen LogP contribution in [0.25, 0.3) is 0 Å². The van der Waals surface area contributed by atoms with E-state index in [9.17, 15) is 18.4 Å². The van der Waals surface area contributed by atoms with E-state index in [0.717, 1.165) is 16.0 Å². The van der Waals surface area contributed by atoms with Crippen LogP contribution in [0.5, 0.6) is 0 Å². The van der Waals surface area contributed by atoms with Gasteiger partial charge in [0.05, 0.1) is 30.2 Å². The Morgan fingerprint density at radius 2 is 2.04 bits per heavy atom. The number of benzene rings is 1. The van der Waals surface area contributed by atoms with Gasteiger partial charge < -0.3 is 5.32 Å². The summed E-state index contributed by atoms with van der Waals surface area (Å²) in [7, 11) is 0. The summed E-state index contributed by atoms with van der Waals surface area (Å²) in [5.74, 6) is -3.00. The van der Waals surface area contributed by atoms with E-state index in [0.29, 0.717) is 19.2 Å². The van der Waals surface area contributed by atoms with Crippen LogP contribution in [-0.2, 0) is 9.63 Å². The molecule has 6 nitrogen and oxygen atoms in total. The second-order valence-electron chi connectivity index (χ2n) is 6.10. The van der Waals surface area contributed by atoms with Gasteiger partial charge in [0.1, 0.15) is 11.6 Å². The van der Waals surface area contributed by atoms with Gasteiger partial charge in [0, 0.05) is 29.3 Å². The lowest BCUT2D eigenvalue weighted by Gasteiger charge is -2.16. The minimum atomic E-state index is -1.01. The molecule has 1 N–H and O–H groups in total. The molecule has 1 aromatic carbocycles. The van der Waals surface area contributed by atoms with Crippen LogP contribution in [0.3, 0.4) is 0 Å². The van der Waals surface area contributed by atoms with Crippen LogP contribution in [0.2, 0.25) is 0 Å². The van der Waals surface area contributed by atoms with Gasteiger partial charge in [-0.3, -0.25) is 19.4 Å². The summed E-state index contributed by atoms with van der Waals surface area (Å²) in [5, 5.41) is 3.42. The summed E-state index contributed by atoms with van der Waals surface area (Å²) < 4.78 is 28.1. The number of halogens is 2. The molecule has 142 valence electrons. The van der Waals surface area contributed by atoms with Crippen LogP contribution in [0.1, 0.15) is 17.3 Å². The molecule has 0 radical (unpaired) electrons. The second-order valence-corrected chi connectivity index (χ2v) is 7.15. The van der Waals surface area contributed by atoms with E-state index in [-0.39, 0.29) is 22.9 Å². The summed E-state index contributed by atoms with van der Waals surface area (Å²) >= 11 is 1.24. The van der Waals surface area contributed by atoms with Crippen molar-refractivity contribution < 1.29 is 23.2 Å². The monoisotopic (exact) mass is 393 g/mol.